The summed E-state index contributed by atoms with van der Waals surface area (Å²) in [6.07, 6.45) is 3.48. The molecule has 0 aromatic carbocycles. The van der Waals surface area contributed by atoms with Crippen LogP contribution in [0, 0.1) is 11.3 Å². The van der Waals surface area contributed by atoms with Crippen LogP contribution < -0.4 is 0 Å². The Kier molecular flexibility index (Phi) is 3.73. The largest absolute Gasteiger partial charge is 0.370 e. The molecule has 3 heterocycles. The third-order valence-corrected chi connectivity index (χ3v) is 4.33. The summed E-state index contributed by atoms with van der Waals surface area (Å²) in [6, 6.07) is 3.74. The molecule has 0 spiro atoms. The van der Waals surface area contributed by atoms with Gasteiger partial charge in [-0.3, -0.25) is 9.48 Å². The van der Waals surface area contributed by atoms with Crippen molar-refractivity contribution in [2.24, 2.45) is 7.05 Å². The Labute approximate surface area is 126 Å². The zero-order valence-electron chi connectivity index (χ0n) is 11.5. The summed E-state index contributed by atoms with van der Waals surface area (Å²) >= 11 is 1.31. The quantitative estimate of drug-likeness (QED) is 0.844. The molecule has 0 saturated carbocycles. The number of carbonyl (C=O) groups excluding carboxylic acids is 1. The summed E-state index contributed by atoms with van der Waals surface area (Å²) in [5.74, 6) is -0.0984. The molecule has 1 aliphatic heterocycles. The zero-order chi connectivity index (χ0) is 14.8. The number of nitrogens with zero attached hydrogens (tertiary/aromatic N) is 4. The van der Waals surface area contributed by atoms with Crippen molar-refractivity contribution in [1.82, 2.24) is 14.7 Å². The molecule has 3 rings (SSSR count). The van der Waals surface area contributed by atoms with Crippen molar-refractivity contribution in [1.29, 1.82) is 5.26 Å². The van der Waals surface area contributed by atoms with Crippen LogP contribution in [0.4, 0.5) is 0 Å². The highest BCUT2D eigenvalue weighted by atomic mass is 32.1. The van der Waals surface area contributed by atoms with Crippen LogP contribution in [-0.4, -0.2) is 40.3 Å². The van der Waals surface area contributed by atoms with E-state index in [-0.39, 0.29) is 12.0 Å². The third kappa shape index (κ3) is 2.68. The van der Waals surface area contributed by atoms with Gasteiger partial charge in [0.05, 0.1) is 24.9 Å². The predicted octanol–water partition coefficient (Wildman–Crippen LogP) is 1.57. The van der Waals surface area contributed by atoms with Gasteiger partial charge < -0.3 is 9.64 Å². The van der Waals surface area contributed by atoms with Crippen LogP contribution in [-0.2, 0) is 11.8 Å². The molecule has 6 nitrogen and oxygen atoms in total. The fraction of sp³-hybridized carbons (Fsp3) is 0.357. The molecule has 0 aliphatic carbocycles. The zero-order valence-corrected chi connectivity index (χ0v) is 12.3. The van der Waals surface area contributed by atoms with Crippen LogP contribution in [0.5, 0.6) is 0 Å². The van der Waals surface area contributed by atoms with E-state index in [4.69, 9.17) is 10.00 Å². The molecular weight excluding hydrogens is 288 g/mol. The Balaban J connectivity index is 1.77. The van der Waals surface area contributed by atoms with Gasteiger partial charge in [-0.25, -0.2) is 0 Å². The molecular formula is C14H14N4O2S. The number of carbonyl (C=O) groups is 1. The molecule has 0 unspecified atom stereocenters. The molecule has 2 aromatic heterocycles. The molecule has 0 radical (unpaired) electrons. The topological polar surface area (TPSA) is 71.2 Å². The minimum Gasteiger partial charge on any atom is -0.370 e. The molecule has 1 amide bonds. The highest BCUT2D eigenvalue weighted by Crippen LogP contribution is 2.25. The molecule has 21 heavy (non-hydrogen) atoms. The van der Waals surface area contributed by atoms with Gasteiger partial charge >= 0.3 is 0 Å². The maximum absolute atomic E-state index is 12.5. The maximum Gasteiger partial charge on any atom is 0.265 e. The van der Waals surface area contributed by atoms with Crippen LogP contribution in [0.1, 0.15) is 26.9 Å². The molecule has 7 heteroatoms. The number of rotatable bonds is 2. The van der Waals surface area contributed by atoms with Gasteiger partial charge in [0.15, 0.2) is 0 Å². The van der Waals surface area contributed by atoms with E-state index in [1.807, 2.05) is 13.2 Å². The van der Waals surface area contributed by atoms with Crippen LogP contribution in [0.3, 0.4) is 0 Å². The summed E-state index contributed by atoms with van der Waals surface area (Å²) in [4.78, 5) is 14.8. The number of nitriles is 1. The van der Waals surface area contributed by atoms with Crippen LogP contribution in [0.15, 0.2) is 23.8 Å². The molecule has 1 atom stereocenters. The summed E-state index contributed by atoms with van der Waals surface area (Å²) < 4.78 is 7.44. The van der Waals surface area contributed by atoms with E-state index in [1.54, 1.807) is 27.2 Å². The van der Waals surface area contributed by atoms with E-state index in [1.165, 1.54) is 11.3 Å². The van der Waals surface area contributed by atoms with Gasteiger partial charge in [0.2, 0.25) is 0 Å². The molecule has 1 aliphatic rings. The van der Waals surface area contributed by atoms with Crippen molar-refractivity contribution in [3.63, 3.8) is 0 Å². The van der Waals surface area contributed by atoms with Gasteiger partial charge in [-0.15, -0.1) is 11.3 Å². The molecule has 1 saturated heterocycles. The number of hydrogen-bond acceptors (Lipinski definition) is 5. The number of thiophene rings is 1. The van der Waals surface area contributed by atoms with Crippen LogP contribution in [0.2, 0.25) is 0 Å². The molecule has 0 bridgehead atoms. The SMILES string of the molecule is Cn1cc([C@@H]2CN(C(=O)c3sccc3C#N)CCO2)cn1. The molecule has 2 aromatic rings. The average molecular weight is 302 g/mol. The summed E-state index contributed by atoms with van der Waals surface area (Å²) in [6.45, 7) is 1.50. The van der Waals surface area contributed by atoms with E-state index in [0.717, 1.165) is 5.56 Å². The van der Waals surface area contributed by atoms with Crippen molar-refractivity contribution in [2.45, 2.75) is 6.10 Å². The molecule has 1 fully saturated rings. The normalized spacial score (nSPS) is 18.5. The number of hydrogen-bond donors (Lipinski definition) is 0. The smallest absolute Gasteiger partial charge is 0.265 e. The lowest BCUT2D eigenvalue weighted by molar-refractivity contribution is -0.0227. The number of aryl methyl sites for hydroxylation is 1. The predicted molar refractivity (Wildman–Crippen MR) is 76.8 cm³/mol. The Morgan fingerprint density at radius 1 is 1.62 bits per heavy atom. The van der Waals surface area contributed by atoms with Gasteiger partial charge in [0.25, 0.3) is 5.91 Å². The minimum atomic E-state index is -0.165. The number of aromatic nitrogens is 2. The third-order valence-electron chi connectivity index (χ3n) is 3.43. The van der Waals surface area contributed by atoms with Gasteiger partial charge in [0.1, 0.15) is 17.1 Å². The highest BCUT2D eigenvalue weighted by Gasteiger charge is 2.28. The van der Waals surface area contributed by atoms with Crippen molar-refractivity contribution in [2.75, 3.05) is 19.7 Å². The van der Waals surface area contributed by atoms with E-state index in [2.05, 4.69) is 11.2 Å². The first-order valence-electron chi connectivity index (χ1n) is 6.56. The lowest BCUT2D eigenvalue weighted by Gasteiger charge is -2.32. The lowest BCUT2D eigenvalue weighted by Crippen LogP contribution is -2.42. The summed E-state index contributed by atoms with van der Waals surface area (Å²) in [5, 5.41) is 14.9. The van der Waals surface area contributed by atoms with Gasteiger partial charge in [-0.05, 0) is 11.4 Å². The Bertz CT molecular complexity index is 700. The fourth-order valence-electron chi connectivity index (χ4n) is 2.35. The van der Waals surface area contributed by atoms with E-state index in [0.29, 0.717) is 30.1 Å². The second-order valence-electron chi connectivity index (χ2n) is 4.83. The van der Waals surface area contributed by atoms with Crippen LogP contribution >= 0.6 is 11.3 Å². The second kappa shape index (κ2) is 5.68. The van der Waals surface area contributed by atoms with Gasteiger partial charge in [0, 0.05) is 25.4 Å². The van der Waals surface area contributed by atoms with Gasteiger partial charge in [-0.1, -0.05) is 0 Å². The number of morpholine rings is 1. The van der Waals surface area contributed by atoms with Crippen LogP contribution in [0.25, 0.3) is 0 Å². The Morgan fingerprint density at radius 2 is 2.48 bits per heavy atom. The van der Waals surface area contributed by atoms with Crippen molar-refractivity contribution in [3.8, 4) is 6.07 Å². The lowest BCUT2D eigenvalue weighted by atomic mass is 10.1. The first kappa shape index (κ1) is 13.8. The number of ether oxygens (including phenoxy) is 1. The second-order valence-corrected chi connectivity index (χ2v) is 5.75. The van der Waals surface area contributed by atoms with Crippen molar-refractivity contribution >= 4 is 17.2 Å². The van der Waals surface area contributed by atoms with E-state index in [9.17, 15) is 4.79 Å². The Morgan fingerprint density at radius 3 is 3.19 bits per heavy atom. The maximum atomic E-state index is 12.5. The first-order valence-corrected chi connectivity index (χ1v) is 7.44. The highest BCUT2D eigenvalue weighted by molar-refractivity contribution is 7.12. The van der Waals surface area contributed by atoms with E-state index < -0.39 is 0 Å². The van der Waals surface area contributed by atoms with E-state index >= 15 is 0 Å². The fourth-order valence-corrected chi connectivity index (χ4v) is 3.16. The average Bonchev–Trinajstić information content (AvgIpc) is 3.15. The molecule has 0 N–H and O–H groups in total. The minimum absolute atomic E-state index is 0.0984. The Hall–Kier alpha value is -2.17. The standard InChI is InChI=1S/C14H14N4O2S/c1-17-8-11(7-16-17)12-9-18(3-4-20-12)14(19)13-10(6-15)2-5-21-13/h2,5,7-8,12H,3-4,9H2,1H3/t12-/m0/s1. The first-order chi connectivity index (χ1) is 10.2. The summed E-state index contributed by atoms with van der Waals surface area (Å²) in [7, 11) is 1.85. The van der Waals surface area contributed by atoms with Crippen molar-refractivity contribution in [3.05, 3.63) is 39.8 Å². The monoisotopic (exact) mass is 302 g/mol. The number of amides is 1. The van der Waals surface area contributed by atoms with Gasteiger partial charge in [-0.2, -0.15) is 10.4 Å². The molecule has 108 valence electrons. The van der Waals surface area contributed by atoms with Crippen molar-refractivity contribution < 1.29 is 9.53 Å². The summed E-state index contributed by atoms with van der Waals surface area (Å²) in [5.41, 5.74) is 1.40.